The standard InChI is InChI=1S/C18H11BrF10N2O/c1-31(14(32)8-3-2-4-10(30)5-8)13-11(16(21,22)23)6-9(7-12(13)19)15(20,17(24,25)26)18(27,28)29/h2-7H,30H2,1H3. The Balaban J connectivity index is 2.79. The third-order valence-corrected chi connectivity index (χ3v) is 4.93. The van der Waals surface area contributed by atoms with Crippen molar-refractivity contribution in [2.45, 2.75) is 24.2 Å². The number of anilines is 2. The van der Waals surface area contributed by atoms with E-state index in [0.29, 0.717) is 4.90 Å². The van der Waals surface area contributed by atoms with E-state index in [0.717, 1.165) is 13.1 Å². The number of benzene rings is 2. The largest absolute Gasteiger partial charge is 0.435 e. The van der Waals surface area contributed by atoms with Crippen LogP contribution in [0.5, 0.6) is 0 Å². The molecule has 0 aromatic heterocycles. The minimum Gasteiger partial charge on any atom is -0.399 e. The lowest BCUT2D eigenvalue weighted by molar-refractivity contribution is -0.348. The summed E-state index contributed by atoms with van der Waals surface area (Å²) < 4.78 is 132. The molecule has 0 saturated carbocycles. The number of hydrogen-bond donors (Lipinski definition) is 1. The lowest BCUT2D eigenvalue weighted by Gasteiger charge is -2.32. The summed E-state index contributed by atoms with van der Waals surface area (Å²) in [5.74, 6) is -1.12. The van der Waals surface area contributed by atoms with Gasteiger partial charge in [0, 0.05) is 28.3 Å². The topological polar surface area (TPSA) is 46.3 Å². The first-order valence-electron chi connectivity index (χ1n) is 8.19. The number of amides is 1. The van der Waals surface area contributed by atoms with Crippen LogP contribution in [-0.4, -0.2) is 25.3 Å². The van der Waals surface area contributed by atoms with Crippen molar-refractivity contribution in [1.82, 2.24) is 0 Å². The van der Waals surface area contributed by atoms with Crippen LogP contribution in [0, 0.1) is 0 Å². The minimum absolute atomic E-state index is 0.0623. The summed E-state index contributed by atoms with van der Waals surface area (Å²) in [7, 11) is 0.802. The fourth-order valence-corrected chi connectivity index (χ4v) is 3.54. The molecular formula is C18H11BrF10N2O. The molecule has 0 aliphatic heterocycles. The van der Waals surface area contributed by atoms with Crippen LogP contribution in [0.15, 0.2) is 40.9 Å². The number of alkyl halides is 10. The second-order valence-electron chi connectivity index (χ2n) is 6.50. The number of nitrogen functional groups attached to an aromatic ring is 1. The average Bonchev–Trinajstić information content (AvgIpc) is 2.63. The zero-order valence-corrected chi connectivity index (χ0v) is 17.1. The van der Waals surface area contributed by atoms with Gasteiger partial charge in [-0.1, -0.05) is 6.07 Å². The molecule has 0 atom stereocenters. The maximum absolute atomic E-state index is 14.4. The summed E-state index contributed by atoms with van der Waals surface area (Å²) in [6, 6.07) is 4.19. The maximum Gasteiger partial charge on any atom is 0.435 e. The first-order chi connectivity index (χ1) is 14.3. The fourth-order valence-electron chi connectivity index (χ4n) is 2.81. The van der Waals surface area contributed by atoms with Gasteiger partial charge >= 0.3 is 24.2 Å². The molecule has 0 unspecified atom stereocenters. The lowest BCUT2D eigenvalue weighted by atomic mass is 9.91. The van der Waals surface area contributed by atoms with Crippen LogP contribution < -0.4 is 10.6 Å². The Hall–Kier alpha value is -2.51. The molecule has 2 aromatic carbocycles. The second kappa shape index (κ2) is 8.12. The van der Waals surface area contributed by atoms with Crippen molar-refractivity contribution in [2.75, 3.05) is 17.7 Å². The molecule has 32 heavy (non-hydrogen) atoms. The Labute approximate surface area is 181 Å². The van der Waals surface area contributed by atoms with Crippen molar-refractivity contribution in [2.24, 2.45) is 0 Å². The predicted octanol–water partition coefficient (Wildman–Crippen LogP) is 6.62. The maximum atomic E-state index is 14.4. The van der Waals surface area contributed by atoms with Crippen molar-refractivity contribution in [1.29, 1.82) is 0 Å². The predicted molar refractivity (Wildman–Crippen MR) is 97.6 cm³/mol. The van der Waals surface area contributed by atoms with E-state index in [-0.39, 0.29) is 17.3 Å². The fraction of sp³-hybridized carbons (Fsp3) is 0.278. The minimum atomic E-state index is -6.63. The number of hydrogen-bond acceptors (Lipinski definition) is 2. The Bertz CT molecular complexity index is 1020. The molecule has 2 N–H and O–H groups in total. The van der Waals surface area contributed by atoms with Gasteiger partial charge in [-0.2, -0.15) is 39.5 Å². The average molecular weight is 541 g/mol. The summed E-state index contributed by atoms with van der Waals surface area (Å²) >= 11 is 2.45. The number of rotatable bonds is 3. The molecule has 176 valence electrons. The van der Waals surface area contributed by atoms with E-state index in [1.54, 1.807) is 0 Å². The molecule has 14 heteroatoms. The van der Waals surface area contributed by atoms with E-state index in [1.165, 1.54) is 18.2 Å². The summed E-state index contributed by atoms with van der Waals surface area (Å²) in [6.07, 6.45) is -18.8. The lowest BCUT2D eigenvalue weighted by Crippen LogP contribution is -2.50. The zero-order valence-electron chi connectivity index (χ0n) is 15.6. The van der Waals surface area contributed by atoms with Crippen LogP contribution in [0.1, 0.15) is 21.5 Å². The highest BCUT2D eigenvalue weighted by Gasteiger charge is 2.73. The van der Waals surface area contributed by atoms with Crippen LogP contribution in [0.3, 0.4) is 0 Å². The third-order valence-electron chi connectivity index (χ3n) is 4.32. The van der Waals surface area contributed by atoms with Crippen LogP contribution in [-0.2, 0) is 11.8 Å². The molecule has 2 aromatic rings. The molecule has 0 heterocycles. The van der Waals surface area contributed by atoms with Gasteiger partial charge in [-0.05, 0) is 46.3 Å². The molecule has 1 amide bonds. The smallest absolute Gasteiger partial charge is 0.399 e. The van der Waals surface area contributed by atoms with Crippen LogP contribution in [0.2, 0.25) is 0 Å². The van der Waals surface area contributed by atoms with E-state index in [9.17, 15) is 48.7 Å². The van der Waals surface area contributed by atoms with Gasteiger partial charge in [-0.15, -0.1) is 0 Å². The van der Waals surface area contributed by atoms with E-state index in [1.807, 2.05) is 0 Å². The number of halogens is 11. The highest BCUT2D eigenvalue weighted by molar-refractivity contribution is 9.10. The van der Waals surface area contributed by atoms with Crippen molar-refractivity contribution < 1.29 is 48.7 Å². The molecule has 0 saturated heterocycles. The van der Waals surface area contributed by atoms with Gasteiger partial charge in [-0.3, -0.25) is 4.79 Å². The Morgan fingerprint density at radius 2 is 1.44 bits per heavy atom. The first kappa shape index (κ1) is 25.7. The third kappa shape index (κ3) is 4.50. The second-order valence-corrected chi connectivity index (χ2v) is 7.35. The number of carbonyl (C=O) groups excluding carboxylic acids is 1. The Kier molecular flexibility index (Phi) is 6.53. The molecule has 0 bridgehead atoms. The van der Waals surface area contributed by atoms with Gasteiger partial charge in [0.15, 0.2) is 0 Å². The van der Waals surface area contributed by atoms with Gasteiger partial charge in [0.2, 0.25) is 0 Å². The van der Waals surface area contributed by atoms with Crippen LogP contribution in [0.25, 0.3) is 0 Å². The summed E-state index contributed by atoms with van der Waals surface area (Å²) in [5.41, 5.74) is -6.34. The Morgan fingerprint density at radius 1 is 0.906 bits per heavy atom. The van der Waals surface area contributed by atoms with E-state index in [2.05, 4.69) is 15.9 Å². The van der Waals surface area contributed by atoms with Crippen LogP contribution in [0.4, 0.5) is 55.3 Å². The van der Waals surface area contributed by atoms with Gasteiger partial charge in [0.05, 0.1) is 11.3 Å². The quantitative estimate of drug-likeness (QED) is 0.351. The molecule has 0 radical (unpaired) electrons. The van der Waals surface area contributed by atoms with Gasteiger partial charge < -0.3 is 10.6 Å². The Morgan fingerprint density at radius 3 is 1.88 bits per heavy atom. The molecule has 0 spiro atoms. The highest BCUT2D eigenvalue weighted by atomic mass is 79.9. The number of nitrogens with two attached hydrogens (primary N) is 1. The SMILES string of the molecule is CN(C(=O)c1cccc(N)c1)c1c(Br)cc(C(F)(C(F)(F)F)C(F)(F)F)cc1C(F)(F)F. The van der Waals surface area contributed by atoms with Crippen LogP contribution >= 0.6 is 15.9 Å². The molecule has 3 nitrogen and oxygen atoms in total. The van der Waals surface area contributed by atoms with Crippen molar-refractivity contribution in [3.8, 4) is 0 Å². The molecular weight excluding hydrogens is 530 g/mol. The molecule has 2 rings (SSSR count). The van der Waals surface area contributed by atoms with E-state index < -0.39 is 57.5 Å². The summed E-state index contributed by atoms with van der Waals surface area (Å²) in [6.45, 7) is 0. The van der Waals surface area contributed by atoms with Gasteiger partial charge in [0.25, 0.3) is 5.91 Å². The molecule has 0 aliphatic rings. The first-order valence-corrected chi connectivity index (χ1v) is 8.99. The van der Waals surface area contributed by atoms with Crippen molar-refractivity contribution in [3.05, 3.63) is 57.6 Å². The summed E-state index contributed by atoms with van der Waals surface area (Å²) in [5, 5.41) is 0. The summed E-state index contributed by atoms with van der Waals surface area (Å²) in [4.78, 5) is 12.9. The van der Waals surface area contributed by atoms with Gasteiger partial charge in [-0.25, -0.2) is 4.39 Å². The number of nitrogens with zero attached hydrogens (tertiary/aromatic N) is 1. The van der Waals surface area contributed by atoms with Gasteiger partial charge in [0.1, 0.15) is 0 Å². The normalized spacial score (nSPS) is 13.2. The highest BCUT2D eigenvalue weighted by Crippen LogP contribution is 2.55. The number of carbonyl (C=O) groups is 1. The van der Waals surface area contributed by atoms with Crippen molar-refractivity contribution >= 4 is 33.2 Å². The van der Waals surface area contributed by atoms with E-state index in [4.69, 9.17) is 5.73 Å². The molecule has 0 fully saturated rings. The zero-order chi connectivity index (χ0) is 24.9. The monoisotopic (exact) mass is 540 g/mol. The molecule has 0 aliphatic carbocycles. The van der Waals surface area contributed by atoms with Crippen molar-refractivity contribution in [3.63, 3.8) is 0 Å². The van der Waals surface area contributed by atoms with E-state index >= 15 is 0 Å².